The Morgan fingerprint density at radius 3 is 2.17 bits per heavy atom. The summed E-state index contributed by atoms with van der Waals surface area (Å²) in [4.78, 5) is 0. The second-order valence-electron chi connectivity index (χ2n) is 3.44. The third kappa shape index (κ3) is 4.73. The monoisotopic (exact) mass is 174 g/mol. The van der Waals surface area contributed by atoms with Crippen LogP contribution in [0.3, 0.4) is 0 Å². The molecule has 0 aromatic rings. The number of rotatable bonds is 7. The van der Waals surface area contributed by atoms with Crippen LogP contribution in [0, 0.1) is 5.92 Å². The van der Waals surface area contributed by atoms with Crippen LogP contribution >= 0.6 is 0 Å². The molecule has 0 radical (unpaired) electrons. The molecule has 2 N–H and O–H groups in total. The van der Waals surface area contributed by atoms with Gasteiger partial charge in [0.25, 0.3) is 0 Å². The van der Waals surface area contributed by atoms with Crippen LogP contribution in [0.1, 0.15) is 46.0 Å². The van der Waals surface area contributed by atoms with Gasteiger partial charge in [-0.25, -0.2) is 0 Å². The fourth-order valence-electron chi connectivity index (χ4n) is 1.43. The molecule has 0 amide bonds. The van der Waals surface area contributed by atoms with E-state index in [9.17, 15) is 5.11 Å². The minimum Gasteiger partial charge on any atom is -0.396 e. The Hall–Kier alpha value is -0.0800. The van der Waals surface area contributed by atoms with Crippen molar-refractivity contribution in [2.75, 3.05) is 6.61 Å². The minimum atomic E-state index is -0.296. The van der Waals surface area contributed by atoms with Gasteiger partial charge < -0.3 is 10.2 Å². The van der Waals surface area contributed by atoms with Crippen LogP contribution in [-0.2, 0) is 0 Å². The predicted octanol–water partition coefficient (Wildman–Crippen LogP) is 1.95. The first kappa shape index (κ1) is 11.9. The van der Waals surface area contributed by atoms with Crippen molar-refractivity contribution in [2.45, 2.75) is 52.1 Å². The zero-order valence-electron chi connectivity index (χ0n) is 8.29. The van der Waals surface area contributed by atoms with E-state index in [-0.39, 0.29) is 18.6 Å². The second-order valence-corrected chi connectivity index (χ2v) is 3.44. The molecule has 0 aromatic carbocycles. The maximum Gasteiger partial charge on any atom is 0.0590 e. The SMILES string of the molecule is CCCC[C@@H](O)[C@@H](CO)CCC. The number of aliphatic hydroxyl groups is 2. The fourth-order valence-corrected chi connectivity index (χ4v) is 1.43. The van der Waals surface area contributed by atoms with Gasteiger partial charge in [0.15, 0.2) is 0 Å². The third-order valence-corrected chi connectivity index (χ3v) is 2.29. The van der Waals surface area contributed by atoms with Gasteiger partial charge in [0.1, 0.15) is 0 Å². The Labute approximate surface area is 75.6 Å². The highest BCUT2D eigenvalue weighted by molar-refractivity contribution is 4.67. The lowest BCUT2D eigenvalue weighted by Gasteiger charge is -2.19. The molecule has 0 fully saturated rings. The topological polar surface area (TPSA) is 40.5 Å². The van der Waals surface area contributed by atoms with Crippen molar-refractivity contribution >= 4 is 0 Å². The van der Waals surface area contributed by atoms with Crippen molar-refractivity contribution in [3.05, 3.63) is 0 Å². The molecule has 12 heavy (non-hydrogen) atoms. The average molecular weight is 174 g/mol. The molecule has 0 unspecified atom stereocenters. The largest absolute Gasteiger partial charge is 0.396 e. The Bertz CT molecular complexity index is 93.8. The van der Waals surface area contributed by atoms with Gasteiger partial charge in [0, 0.05) is 12.5 Å². The number of aliphatic hydroxyl groups excluding tert-OH is 2. The molecule has 74 valence electrons. The van der Waals surface area contributed by atoms with Gasteiger partial charge in [-0.1, -0.05) is 33.1 Å². The van der Waals surface area contributed by atoms with E-state index in [1.165, 1.54) is 0 Å². The molecular formula is C10H22O2. The van der Waals surface area contributed by atoms with Crippen molar-refractivity contribution in [1.82, 2.24) is 0 Å². The van der Waals surface area contributed by atoms with E-state index in [4.69, 9.17) is 5.11 Å². The molecule has 0 saturated carbocycles. The van der Waals surface area contributed by atoms with E-state index in [2.05, 4.69) is 13.8 Å². The molecule has 0 aromatic heterocycles. The van der Waals surface area contributed by atoms with E-state index in [1.54, 1.807) is 0 Å². The van der Waals surface area contributed by atoms with Gasteiger partial charge in [0.05, 0.1) is 6.10 Å². The van der Waals surface area contributed by atoms with Gasteiger partial charge in [-0.15, -0.1) is 0 Å². The summed E-state index contributed by atoms with van der Waals surface area (Å²) in [6.45, 7) is 4.31. The first-order valence-electron chi connectivity index (χ1n) is 5.05. The van der Waals surface area contributed by atoms with E-state index in [0.717, 1.165) is 32.1 Å². The van der Waals surface area contributed by atoms with E-state index in [0.29, 0.717) is 0 Å². The molecule has 0 bridgehead atoms. The van der Waals surface area contributed by atoms with E-state index >= 15 is 0 Å². The quantitative estimate of drug-likeness (QED) is 0.619. The number of hydrogen-bond donors (Lipinski definition) is 2. The summed E-state index contributed by atoms with van der Waals surface area (Å²) in [6, 6.07) is 0. The van der Waals surface area contributed by atoms with Crippen molar-refractivity contribution < 1.29 is 10.2 Å². The normalized spacial score (nSPS) is 16.0. The molecule has 2 atom stereocenters. The van der Waals surface area contributed by atoms with Gasteiger partial charge >= 0.3 is 0 Å². The lowest BCUT2D eigenvalue weighted by Crippen LogP contribution is -2.23. The van der Waals surface area contributed by atoms with Crippen molar-refractivity contribution in [3.63, 3.8) is 0 Å². The Kier molecular flexibility index (Phi) is 7.51. The van der Waals surface area contributed by atoms with Gasteiger partial charge in [-0.05, 0) is 12.8 Å². The number of hydrogen-bond acceptors (Lipinski definition) is 2. The summed E-state index contributed by atoms with van der Waals surface area (Å²) in [7, 11) is 0. The summed E-state index contributed by atoms with van der Waals surface area (Å²) in [6.07, 6.45) is 4.68. The van der Waals surface area contributed by atoms with Gasteiger partial charge in [-0.3, -0.25) is 0 Å². The maximum atomic E-state index is 9.61. The van der Waals surface area contributed by atoms with Crippen LogP contribution in [0.25, 0.3) is 0 Å². The summed E-state index contributed by atoms with van der Waals surface area (Å²) in [5.41, 5.74) is 0. The van der Waals surface area contributed by atoms with Crippen molar-refractivity contribution in [2.24, 2.45) is 5.92 Å². The summed E-state index contributed by atoms with van der Waals surface area (Å²) in [5.74, 6) is 0.0987. The maximum absolute atomic E-state index is 9.61. The first-order chi connectivity index (χ1) is 5.76. The Morgan fingerprint density at radius 2 is 1.75 bits per heavy atom. The summed E-state index contributed by atoms with van der Waals surface area (Å²) in [5, 5.41) is 18.6. The average Bonchev–Trinajstić information content (AvgIpc) is 2.10. The van der Waals surface area contributed by atoms with Crippen LogP contribution in [0.2, 0.25) is 0 Å². The molecular weight excluding hydrogens is 152 g/mol. The Balaban J connectivity index is 3.60. The first-order valence-corrected chi connectivity index (χ1v) is 5.05. The van der Waals surface area contributed by atoms with Gasteiger partial charge in [0.2, 0.25) is 0 Å². The predicted molar refractivity (Wildman–Crippen MR) is 51.0 cm³/mol. The van der Waals surface area contributed by atoms with Crippen LogP contribution in [0.15, 0.2) is 0 Å². The molecule has 0 rings (SSSR count). The number of unbranched alkanes of at least 4 members (excludes halogenated alkanes) is 1. The minimum absolute atomic E-state index is 0.0987. The smallest absolute Gasteiger partial charge is 0.0590 e. The molecule has 0 spiro atoms. The van der Waals surface area contributed by atoms with Crippen LogP contribution in [0.4, 0.5) is 0 Å². The molecule has 2 heteroatoms. The van der Waals surface area contributed by atoms with Crippen LogP contribution in [0.5, 0.6) is 0 Å². The van der Waals surface area contributed by atoms with Crippen LogP contribution in [-0.4, -0.2) is 22.9 Å². The van der Waals surface area contributed by atoms with Crippen molar-refractivity contribution in [3.8, 4) is 0 Å². The van der Waals surface area contributed by atoms with Crippen molar-refractivity contribution in [1.29, 1.82) is 0 Å². The van der Waals surface area contributed by atoms with Crippen LogP contribution < -0.4 is 0 Å². The standard InChI is InChI=1S/C10H22O2/c1-3-5-7-10(12)9(8-11)6-4-2/h9-12H,3-8H2,1-2H3/t9-,10-/m1/s1. The molecule has 0 aliphatic carbocycles. The highest BCUT2D eigenvalue weighted by atomic mass is 16.3. The molecule has 0 aliphatic rings. The Morgan fingerprint density at radius 1 is 1.08 bits per heavy atom. The highest BCUT2D eigenvalue weighted by Crippen LogP contribution is 2.15. The fraction of sp³-hybridized carbons (Fsp3) is 1.00. The van der Waals surface area contributed by atoms with E-state index < -0.39 is 0 Å². The lowest BCUT2D eigenvalue weighted by molar-refractivity contribution is 0.0543. The second kappa shape index (κ2) is 7.56. The molecule has 0 saturated heterocycles. The van der Waals surface area contributed by atoms with Gasteiger partial charge in [-0.2, -0.15) is 0 Å². The molecule has 2 nitrogen and oxygen atoms in total. The lowest BCUT2D eigenvalue weighted by atomic mass is 9.94. The summed E-state index contributed by atoms with van der Waals surface area (Å²) >= 11 is 0. The zero-order valence-corrected chi connectivity index (χ0v) is 8.29. The van der Waals surface area contributed by atoms with E-state index in [1.807, 2.05) is 0 Å². The molecule has 0 aliphatic heterocycles. The molecule has 0 heterocycles. The third-order valence-electron chi connectivity index (χ3n) is 2.29. The summed E-state index contributed by atoms with van der Waals surface area (Å²) < 4.78 is 0. The highest BCUT2D eigenvalue weighted by Gasteiger charge is 2.16. The zero-order chi connectivity index (χ0) is 9.40.